The Balaban J connectivity index is 0.000000479. The number of rotatable bonds is 6. The molecule has 3 fully saturated rings. The van der Waals surface area contributed by atoms with Crippen molar-refractivity contribution in [2.24, 2.45) is 16.2 Å². The van der Waals surface area contributed by atoms with E-state index in [-0.39, 0.29) is 38.5 Å². The molecule has 0 unspecified atom stereocenters. The van der Waals surface area contributed by atoms with E-state index in [9.17, 15) is 28.8 Å². The first-order valence-corrected chi connectivity index (χ1v) is 32.5. The fourth-order valence-corrected chi connectivity index (χ4v) is 11.8. The zero-order chi connectivity index (χ0) is 58.1. The minimum Gasteiger partial charge on any atom is -0.480 e. The monoisotopic (exact) mass is 1110 g/mol. The maximum atomic E-state index is 11.2. The van der Waals surface area contributed by atoms with E-state index in [2.05, 4.69) is 37.3 Å². The van der Waals surface area contributed by atoms with Crippen LogP contribution in [0.3, 0.4) is 0 Å². The van der Waals surface area contributed by atoms with Gasteiger partial charge in [-0.15, -0.1) is 0 Å². The fraction of sp³-hybridized carbons (Fsp3) is 0.821. The molecule has 79 heavy (non-hydrogen) atoms. The predicted molar refractivity (Wildman–Crippen MR) is 321 cm³/mol. The lowest BCUT2D eigenvalue weighted by Gasteiger charge is -2.25. The van der Waals surface area contributed by atoms with Gasteiger partial charge in [-0.25, -0.2) is 0 Å². The topological polar surface area (TPSA) is 224 Å². The fourth-order valence-electron chi connectivity index (χ4n) is 11.8. The quantitative estimate of drug-likeness (QED) is 0.108. The summed E-state index contributed by atoms with van der Waals surface area (Å²) in [6, 6.07) is 0. The predicted octanol–water partition coefficient (Wildman–Crippen LogP) is 19.4. The van der Waals surface area contributed by atoms with E-state index in [1.165, 1.54) is 173 Å². The lowest BCUT2D eigenvalue weighted by Crippen LogP contribution is -2.39. The summed E-state index contributed by atoms with van der Waals surface area (Å²) in [7, 11) is 0. The number of aliphatic carboxylic acids is 6. The number of hydrogen-bond donors (Lipinski definition) is 6. The molecule has 456 valence electrons. The number of hydrogen-bond acceptors (Lipinski definition) is 6. The molecule has 0 bridgehead atoms. The van der Waals surface area contributed by atoms with Crippen molar-refractivity contribution >= 4 is 35.8 Å². The molecule has 0 aromatic rings. The van der Waals surface area contributed by atoms with E-state index in [0.29, 0.717) is 38.5 Å². The maximum absolute atomic E-state index is 11.2. The van der Waals surface area contributed by atoms with Gasteiger partial charge in [-0.2, -0.15) is 0 Å². The smallest absolute Gasteiger partial charge is 0.321 e. The second-order valence-corrected chi connectivity index (χ2v) is 24.1. The molecule has 3 saturated carbocycles. The summed E-state index contributed by atoms with van der Waals surface area (Å²) in [6.07, 6.45) is 67.5. The Morgan fingerprint density at radius 1 is 0.253 bits per heavy atom. The van der Waals surface area contributed by atoms with Crippen LogP contribution in [0.25, 0.3) is 0 Å². The molecule has 0 spiro atoms. The average Bonchev–Trinajstić information content (AvgIpc) is 3.44. The Morgan fingerprint density at radius 2 is 0.418 bits per heavy atom. The van der Waals surface area contributed by atoms with Crippen LogP contribution in [0.15, 0.2) is 36.0 Å². The first kappa shape index (κ1) is 73.1. The maximum Gasteiger partial charge on any atom is 0.321 e. The molecule has 6 aliphatic rings. The van der Waals surface area contributed by atoms with Crippen LogP contribution in [0.5, 0.6) is 0 Å². The van der Waals surface area contributed by atoms with Gasteiger partial charge in [0.1, 0.15) is 0 Å². The number of carbonyl (C=O) groups is 6. The van der Waals surface area contributed by atoms with Crippen molar-refractivity contribution in [3.8, 4) is 0 Å². The Morgan fingerprint density at radius 3 is 0.620 bits per heavy atom. The Hall–Kier alpha value is -3.96. The molecule has 12 heteroatoms. The second kappa shape index (κ2) is 47.7. The van der Waals surface area contributed by atoms with Crippen molar-refractivity contribution in [2.45, 2.75) is 334 Å². The van der Waals surface area contributed by atoms with E-state index < -0.39 is 52.1 Å². The van der Waals surface area contributed by atoms with Gasteiger partial charge in [-0.1, -0.05) is 248 Å². The summed E-state index contributed by atoms with van der Waals surface area (Å²) in [6.45, 7) is 2.28. The Bertz CT molecular complexity index is 1460. The highest BCUT2D eigenvalue weighted by molar-refractivity contribution is 5.99. The van der Waals surface area contributed by atoms with E-state index in [0.717, 1.165) is 77.0 Å². The molecule has 0 radical (unpaired) electrons. The summed E-state index contributed by atoms with van der Waals surface area (Å²) in [4.78, 5) is 67.2. The van der Waals surface area contributed by atoms with Gasteiger partial charge in [-0.3, -0.25) is 28.8 Å². The first-order chi connectivity index (χ1) is 38.2. The Kier molecular flexibility index (Phi) is 44.1. The standard InChI is InChI=1S/3C12H20O4.C11H20.2C10H18/c3*13-10(14)12(11(15)16)8-6-4-2-1-3-5-7-9-12;1-11-9-7-5-3-2-4-6-8-10-11;2*1-2-4-6-8-10-9-7-5-3-1/h3*1-9H2,(H,13,14)(H,15,16);9H,2-8,10H2,1H3;2*1-2H,3-10H2/b;;;11-9-;;. The van der Waals surface area contributed by atoms with Crippen LogP contribution < -0.4 is 0 Å². The second-order valence-electron chi connectivity index (χ2n) is 24.1. The van der Waals surface area contributed by atoms with Crippen LogP contribution in [0.2, 0.25) is 0 Å². The normalized spacial score (nSPS) is 23.0. The molecule has 6 aliphatic carbocycles. The van der Waals surface area contributed by atoms with Gasteiger partial charge >= 0.3 is 35.8 Å². The summed E-state index contributed by atoms with van der Waals surface area (Å²) in [5.74, 6) is -7.00. The lowest BCUT2D eigenvalue weighted by atomic mass is 9.77. The molecule has 0 aromatic heterocycles. The largest absolute Gasteiger partial charge is 0.480 e. The molecule has 0 aromatic carbocycles. The summed E-state index contributed by atoms with van der Waals surface area (Å²) in [5.41, 5.74) is -2.97. The van der Waals surface area contributed by atoms with E-state index in [4.69, 9.17) is 30.6 Å². The summed E-state index contributed by atoms with van der Waals surface area (Å²) in [5, 5.41) is 54.9. The van der Waals surface area contributed by atoms with E-state index in [1.54, 1.807) is 5.57 Å². The van der Waals surface area contributed by atoms with Gasteiger partial charge in [0.05, 0.1) is 0 Å². The highest BCUT2D eigenvalue weighted by atomic mass is 16.4. The lowest BCUT2D eigenvalue weighted by molar-refractivity contribution is -0.168. The Labute approximate surface area is 479 Å². The van der Waals surface area contributed by atoms with Gasteiger partial charge in [0, 0.05) is 0 Å². The average molecular weight is 1110 g/mol. The molecule has 6 N–H and O–H groups in total. The summed E-state index contributed by atoms with van der Waals surface area (Å²) >= 11 is 0. The molecule has 0 amide bonds. The SMILES string of the molecule is C/C1=C/CCCCCCCC1.C1=CCCCCCCCC1.C1=CCCCCCCCC1.O=C(O)C1(C(=O)O)CCCCCCCCC1.O=C(O)C1(C(=O)O)CCCCCCCCC1.O=C(O)C1(C(=O)O)CCCCCCCCC1. The van der Waals surface area contributed by atoms with Gasteiger partial charge in [0.15, 0.2) is 16.2 Å². The van der Waals surface area contributed by atoms with E-state index in [1.807, 2.05) is 0 Å². The van der Waals surface area contributed by atoms with Crippen LogP contribution >= 0.6 is 0 Å². The van der Waals surface area contributed by atoms with E-state index >= 15 is 0 Å². The van der Waals surface area contributed by atoms with Gasteiger partial charge in [0.25, 0.3) is 0 Å². The van der Waals surface area contributed by atoms with Crippen molar-refractivity contribution in [3.63, 3.8) is 0 Å². The van der Waals surface area contributed by atoms with Crippen LogP contribution in [-0.4, -0.2) is 66.5 Å². The van der Waals surface area contributed by atoms with Crippen molar-refractivity contribution < 1.29 is 59.4 Å². The molecule has 6 rings (SSSR count). The molecule has 12 nitrogen and oxygen atoms in total. The van der Waals surface area contributed by atoms with Crippen molar-refractivity contribution in [3.05, 3.63) is 36.0 Å². The highest BCUT2D eigenvalue weighted by Crippen LogP contribution is 2.36. The van der Waals surface area contributed by atoms with Gasteiger partial charge < -0.3 is 30.6 Å². The van der Waals surface area contributed by atoms with Gasteiger partial charge in [0.2, 0.25) is 0 Å². The number of carboxylic acid groups (broad SMARTS) is 6. The first-order valence-electron chi connectivity index (χ1n) is 32.5. The minimum absolute atomic E-state index is 0.275. The number of allylic oxidation sites excluding steroid dienone is 6. The van der Waals surface area contributed by atoms with Crippen molar-refractivity contribution in [2.75, 3.05) is 0 Å². The molecule has 0 saturated heterocycles. The number of carboxylic acids is 6. The molecule has 0 aliphatic heterocycles. The molecule has 0 heterocycles. The third kappa shape index (κ3) is 34.2. The third-order valence-corrected chi connectivity index (χ3v) is 17.4. The third-order valence-electron chi connectivity index (χ3n) is 17.4. The molecule has 0 atom stereocenters. The summed E-state index contributed by atoms with van der Waals surface area (Å²) < 4.78 is 0. The van der Waals surface area contributed by atoms with Crippen LogP contribution in [0, 0.1) is 16.2 Å². The van der Waals surface area contributed by atoms with Crippen molar-refractivity contribution in [1.29, 1.82) is 0 Å². The van der Waals surface area contributed by atoms with Crippen LogP contribution in [-0.2, 0) is 28.8 Å². The van der Waals surface area contributed by atoms with Gasteiger partial charge in [-0.05, 0) is 122 Å². The molecular weight excluding hydrogens is 997 g/mol. The zero-order valence-corrected chi connectivity index (χ0v) is 50.1. The highest BCUT2D eigenvalue weighted by Gasteiger charge is 2.47. The van der Waals surface area contributed by atoms with Crippen LogP contribution in [0.1, 0.15) is 334 Å². The zero-order valence-electron chi connectivity index (χ0n) is 50.1. The van der Waals surface area contributed by atoms with Crippen LogP contribution in [0.4, 0.5) is 0 Å². The van der Waals surface area contributed by atoms with Crippen molar-refractivity contribution in [1.82, 2.24) is 0 Å². The minimum atomic E-state index is -1.53. The molecular formula is C67H116O12.